The lowest BCUT2D eigenvalue weighted by Gasteiger charge is -2.20. The number of benzene rings is 1. The second kappa shape index (κ2) is 11.2. The third-order valence-corrected chi connectivity index (χ3v) is 5.30. The molecule has 1 aromatic rings. The Labute approximate surface area is 179 Å². The van der Waals surface area contributed by atoms with Gasteiger partial charge in [-0.25, -0.2) is 0 Å². The van der Waals surface area contributed by atoms with Crippen molar-refractivity contribution >= 4 is 11.9 Å². The van der Waals surface area contributed by atoms with Crippen molar-refractivity contribution in [3.8, 4) is 11.5 Å². The fourth-order valence-corrected chi connectivity index (χ4v) is 2.84. The zero-order valence-corrected chi connectivity index (χ0v) is 18.7. The van der Waals surface area contributed by atoms with Crippen LogP contribution < -0.4 is 9.47 Å². The van der Waals surface area contributed by atoms with Gasteiger partial charge in [-0.15, -0.1) is 0 Å². The third-order valence-electron chi connectivity index (χ3n) is 5.30. The minimum Gasteiger partial charge on any atom is -0.494 e. The van der Waals surface area contributed by atoms with Gasteiger partial charge in [0.15, 0.2) is 0 Å². The van der Waals surface area contributed by atoms with Crippen molar-refractivity contribution in [3.63, 3.8) is 0 Å². The fourth-order valence-electron chi connectivity index (χ4n) is 2.84. The highest BCUT2D eigenvalue weighted by atomic mass is 16.5. The minimum atomic E-state index is -0.835. The molecule has 0 fully saturated rings. The average Bonchev–Trinajstić information content (AvgIpc) is 2.68. The van der Waals surface area contributed by atoms with E-state index in [1.54, 1.807) is 45.9 Å². The molecule has 1 atom stereocenters. The molecule has 0 saturated carbocycles. The molecule has 0 aliphatic rings. The third kappa shape index (κ3) is 7.86. The second-order valence-corrected chi connectivity index (χ2v) is 8.91. The maximum atomic E-state index is 11.2. The van der Waals surface area contributed by atoms with Gasteiger partial charge in [-0.1, -0.05) is 6.92 Å². The summed E-state index contributed by atoms with van der Waals surface area (Å²) >= 11 is 0. The molecule has 0 bridgehead atoms. The van der Waals surface area contributed by atoms with E-state index in [0.717, 1.165) is 0 Å². The van der Waals surface area contributed by atoms with Crippen LogP contribution in [0.3, 0.4) is 0 Å². The van der Waals surface area contributed by atoms with Crippen molar-refractivity contribution in [2.24, 2.45) is 10.8 Å². The van der Waals surface area contributed by atoms with Gasteiger partial charge < -0.3 is 24.8 Å². The Morgan fingerprint density at radius 3 is 1.90 bits per heavy atom. The number of aliphatic carboxylic acids is 2. The summed E-state index contributed by atoms with van der Waals surface area (Å²) in [6.07, 6.45) is 1.98. The number of carboxylic acids is 2. The van der Waals surface area contributed by atoms with Crippen LogP contribution in [0.2, 0.25) is 0 Å². The summed E-state index contributed by atoms with van der Waals surface area (Å²) in [6.45, 7) is 9.35. The van der Waals surface area contributed by atoms with E-state index >= 15 is 0 Å². The lowest BCUT2D eigenvalue weighted by Crippen LogP contribution is -2.24. The van der Waals surface area contributed by atoms with Crippen molar-refractivity contribution in [1.82, 2.24) is 0 Å². The SMILES string of the molecule is CCC(O)c1cc(OCCCC(C)(C)C(=O)O)ccc1OCCCC(C)(C)C(=O)O. The summed E-state index contributed by atoms with van der Waals surface area (Å²) in [5.41, 5.74) is -0.972. The normalized spacial score (nSPS) is 13.0. The van der Waals surface area contributed by atoms with Gasteiger partial charge in [-0.05, 0) is 78.0 Å². The molecule has 0 aromatic heterocycles. The molecule has 3 N–H and O–H groups in total. The Morgan fingerprint density at radius 1 is 0.933 bits per heavy atom. The van der Waals surface area contributed by atoms with E-state index < -0.39 is 28.9 Å². The number of hydrogen-bond acceptors (Lipinski definition) is 5. The topological polar surface area (TPSA) is 113 Å². The summed E-state index contributed by atoms with van der Waals surface area (Å²) in [5.74, 6) is -0.524. The smallest absolute Gasteiger partial charge is 0.309 e. The van der Waals surface area contributed by atoms with E-state index in [1.807, 2.05) is 6.92 Å². The standard InChI is InChI=1S/C23H36O7/c1-6-18(24)17-15-16(29-13-7-11-22(2,3)20(25)26)9-10-19(17)30-14-8-12-23(4,5)21(27)28/h9-10,15,18,24H,6-8,11-14H2,1-5H3,(H,25,26)(H,27,28). The molecule has 7 nitrogen and oxygen atoms in total. The monoisotopic (exact) mass is 424 g/mol. The van der Waals surface area contributed by atoms with E-state index in [4.69, 9.17) is 14.6 Å². The number of carbonyl (C=O) groups is 2. The Kier molecular flexibility index (Phi) is 9.62. The number of rotatable bonds is 14. The Bertz CT molecular complexity index is 710. The van der Waals surface area contributed by atoms with Gasteiger partial charge in [-0.3, -0.25) is 9.59 Å². The van der Waals surface area contributed by atoms with Crippen molar-refractivity contribution in [2.45, 2.75) is 72.8 Å². The predicted octanol–water partition coefficient (Wildman–Crippen LogP) is 4.67. The maximum absolute atomic E-state index is 11.2. The first kappa shape index (κ1) is 25.8. The molecule has 0 heterocycles. The zero-order chi connectivity index (χ0) is 22.9. The molecule has 0 radical (unpaired) electrons. The lowest BCUT2D eigenvalue weighted by atomic mass is 9.88. The number of hydrogen-bond donors (Lipinski definition) is 3. The minimum absolute atomic E-state index is 0.352. The van der Waals surface area contributed by atoms with Crippen molar-refractivity contribution in [1.29, 1.82) is 0 Å². The molecular formula is C23H36O7. The summed E-state index contributed by atoms with van der Waals surface area (Å²) in [4.78, 5) is 22.3. The molecule has 170 valence electrons. The quantitative estimate of drug-likeness (QED) is 0.372. The lowest BCUT2D eigenvalue weighted by molar-refractivity contribution is -0.148. The van der Waals surface area contributed by atoms with Gasteiger partial charge in [0.1, 0.15) is 11.5 Å². The molecule has 0 spiro atoms. The van der Waals surface area contributed by atoms with E-state index in [9.17, 15) is 19.8 Å². The van der Waals surface area contributed by atoms with Crippen LogP contribution >= 0.6 is 0 Å². The fraction of sp³-hybridized carbons (Fsp3) is 0.652. The van der Waals surface area contributed by atoms with Gasteiger partial charge in [0, 0.05) is 5.56 Å². The summed E-state index contributed by atoms with van der Waals surface area (Å²) in [5, 5.41) is 28.7. The van der Waals surface area contributed by atoms with Crippen LogP contribution in [-0.4, -0.2) is 40.5 Å². The van der Waals surface area contributed by atoms with Crippen molar-refractivity contribution in [2.75, 3.05) is 13.2 Å². The Morgan fingerprint density at radius 2 is 1.43 bits per heavy atom. The number of carboxylic acid groups (broad SMARTS) is 2. The molecule has 0 saturated heterocycles. The van der Waals surface area contributed by atoms with Gasteiger partial charge >= 0.3 is 11.9 Å². The molecule has 1 aromatic carbocycles. The van der Waals surface area contributed by atoms with Crippen LogP contribution in [0.5, 0.6) is 11.5 Å². The van der Waals surface area contributed by atoms with E-state index in [2.05, 4.69) is 0 Å². The van der Waals surface area contributed by atoms with Crippen LogP contribution in [0, 0.1) is 10.8 Å². The van der Waals surface area contributed by atoms with Crippen molar-refractivity contribution in [3.05, 3.63) is 23.8 Å². The molecule has 30 heavy (non-hydrogen) atoms. The largest absolute Gasteiger partial charge is 0.494 e. The maximum Gasteiger partial charge on any atom is 0.309 e. The summed E-state index contributed by atoms with van der Waals surface area (Å²) in [7, 11) is 0. The van der Waals surface area contributed by atoms with Gasteiger partial charge in [0.2, 0.25) is 0 Å². The highest BCUT2D eigenvalue weighted by Gasteiger charge is 2.27. The van der Waals surface area contributed by atoms with Crippen LogP contribution in [0.4, 0.5) is 0 Å². The van der Waals surface area contributed by atoms with E-state index in [-0.39, 0.29) is 0 Å². The molecule has 1 unspecified atom stereocenters. The molecule has 7 heteroatoms. The van der Waals surface area contributed by atoms with Crippen LogP contribution in [0.1, 0.15) is 78.4 Å². The highest BCUT2D eigenvalue weighted by Crippen LogP contribution is 2.32. The Hall–Kier alpha value is -2.28. The molecule has 0 aliphatic carbocycles. The number of ether oxygens (including phenoxy) is 2. The van der Waals surface area contributed by atoms with Gasteiger partial charge in [0.05, 0.1) is 30.1 Å². The average molecular weight is 425 g/mol. The first-order valence-electron chi connectivity index (χ1n) is 10.4. The second-order valence-electron chi connectivity index (χ2n) is 8.91. The van der Waals surface area contributed by atoms with Crippen molar-refractivity contribution < 1.29 is 34.4 Å². The molecular weight excluding hydrogens is 388 g/mol. The van der Waals surface area contributed by atoms with Gasteiger partial charge in [-0.2, -0.15) is 0 Å². The number of aliphatic hydroxyl groups excluding tert-OH is 1. The highest BCUT2D eigenvalue weighted by molar-refractivity contribution is 5.73. The first-order valence-corrected chi connectivity index (χ1v) is 10.4. The molecule has 0 amide bonds. The van der Waals surface area contributed by atoms with Crippen LogP contribution in [0.15, 0.2) is 18.2 Å². The zero-order valence-electron chi connectivity index (χ0n) is 18.7. The van der Waals surface area contributed by atoms with Crippen LogP contribution in [-0.2, 0) is 9.59 Å². The van der Waals surface area contributed by atoms with E-state index in [1.165, 1.54) is 0 Å². The first-order chi connectivity index (χ1) is 13.9. The summed E-state index contributed by atoms with van der Waals surface area (Å²) < 4.78 is 11.6. The molecule has 1 rings (SSSR count). The van der Waals surface area contributed by atoms with E-state index in [0.29, 0.717) is 62.4 Å². The number of aliphatic hydroxyl groups is 1. The molecule has 0 aliphatic heterocycles. The summed E-state index contributed by atoms with van der Waals surface area (Å²) in [6, 6.07) is 5.24. The van der Waals surface area contributed by atoms with Gasteiger partial charge in [0.25, 0.3) is 0 Å². The van der Waals surface area contributed by atoms with Crippen LogP contribution in [0.25, 0.3) is 0 Å². The predicted molar refractivity (Wildman–Crippen MR) is 114 cm³/mol. The Balaban J connectivity index is 2.68.